The average molecular weight is 477 g/mol. The fraction of sp³-hybridized carbons (Fsp3) is 0.444. The zero-order valence-corrected chi connectivity index (χ0v) is 20.2. The van der Waals surface area contributed by atoms with Gasteiger partial charge in [0.05, 0.1) is 20.1 Å². The van der Waals surface area contributed by atoms with Crippen molar-refractivity contribution in [3.63, 3.8) is 0 Å². The van der Waals surface area contributed by atoms with E-state index in [9.17, 15) is 9.90 Å². The average Bonchev–Trinajstić information content (AvgIpc) is 3.54. The number of nitrogens with one attached hydrogen (secondary N) is 1. The van der Waals surface area contributed by atoms with E-state index in [1.54, 1.807) is 13.1 Å². The minimum atomic E-state index is -0.644. The summed E-state index contributed by atoms with van der Waals surface area (Å²) in [6.07, 6.45) is 7.53. The molecule has 0 radical (unpaired) electrons. The van der Waals surface area contributed by atoms with Gasteiger partial charge in [-0.3, -0.25) is 4.79 Å². The van der Waals surface area contributed by atoms with Crippen molar-refractivity contribution < 1.29 is 19.2 Å². The fourth-order valence-electron chi connectivity index (χ4n) is 4.34. The lowest BCUT2D eigenvalue weighted by Crippen LogP contribution is -2.34. The van der Waals surface area contributed by atoms with Crippen molar-refractivity contribution in [3.8, 4) is 23.2 Å². The van der Waals surface area contributed by atoms with Crippen LogP contribution in [0.15, 0.2) is 47.2 Å². The summed E-state index contributed by atoms with van der Waals surface area (Å²) < 4.78 is 12.1. The molecule has 0 amide bonds. The molecule has 2 N–H and O–H groups in total. The normalized spacial score (nSPS) is 18.5. The molecule has 0 spiro atoms. The molecule has 8 heteroatoms. The summed E-state index contributed by atoms with van der Waals surface area (Å²) in [6, 6.07) is 10.4. The van der Waals surface area contributed by atoms with Crippen LogP contribution in [0, 0.1) is 17.8 Å². The molecular weight excluding hydrogens is 444 g/mol. The number of carbonyl (C=O) groups is 1. The highest BCUT2D eigenvalue weighted by Crippen LogP contribution is 2.25. The van der Waals surface area contributed by atoms with Gasteiger partial charge >= 0.3 is 5.97 Å². The third kappa shape index (κ3) is 6.81. The van der Waals surface area contributed by atoms with Crippen LogP contribution in [0.2, 0.25) is 0 Å². The Hall–Kier alpha value is -3.41. The second kappa shape index (κ2) is 11.8. The van der Waals surface area contributed by atoms with Crippen LogP contribution < -0.4 is 5.32 Å². The van der Waals surface area contributed by atoms with Gasteiger partial charge in [-0.1, -0.05) is 17.0 Å². The lowest BCUT2D eigenvalue weighted by atomic mass is 9.86. The van der Waals surface area contributed by atoms with Crippen LogP contribution in [0.4, 0.5) is 0 Å². The van der Waals surface area contributed by atoms with Crippen LogP contribution >= 0.6 is 0 Å². The molecular formula is C27H32N4O4. The summed E-state index contributed by atoms with van der Waals surface area (Å²) >= 11 is 0. The number of aliphatic hydroxyl groups excluding tert-OH is 1. The standard InChI is InChI=1S/C27H32N4O4/c1-19(32)27-29-15-16-31(27)18-24-17-25(35-30-24)22-9-5-20(6-10-22)3-4-21-7-11-23(12-8-21)28-14-13-26(33)34-2/h5-6,9-10,15-17,19,21,23,28,32H,7-8,11-14,18H2,1-2H3/t19-,21?,23?/m0/s1. The quantitative estimate of drug-likeness (QED) is 0.377. The molecule has 2 heterocycles. The number of aliphatic hydroxyl groups is 1. The van der Waals surface area contributed by atoms with E-state index in [0.29, 0.717) is 43.1 Å². The number of aromatic nitrogens is 3. The molecule has 35 heavy (non-hydrogen) atoms. The summed E-state index contributed by atoms with van der Waals surface area (Å²) in [6.45, 7) is 2.84. The fourth-order valence-corrected chi connectivity index (χ4v) is 4.34. The van der Waals surface area contributed by atoms with E-state index in [1.807, 2.05) is 41.1 Å². The number of esters is 1. The molecule has 1 fully saturated rings. The Morgan fingerprint density at radius 3 is 2.77 bits per heavy atom. The molecule has 1 aliphatic carbocycles. The Balaban J connectivity index is 1.27. The molecule has 0 aliphatic heterocycles. The molecule has 1 atom stereocenters. The highest BCUT2D eigenvalue weighted by atomic mass is 16.5. The van der Waals surface area contributed by atoms with E-state index in [0.717, 1.165) is 42.5 Å². The highest BCUT2D eigenvalue weighted by Gasteiger charge is 2.19. The van der Waals surface area contributed by atoms with Crippen LogP contribution in [-0.2, 0) is 16.1 Å². The number of ether oxygens (including phenoxy) is 1. The van der Waals surface area contributed by atoms with Gasteiger partial charge in [0.25, 0.3) is 0 Å². The van der Waals surface area contributed by atoms with E-state index in [4.69, 9.17) is 4.52 Å². The number of imidazole rings is 1. The topological polar surface area (TPSA) is 102 Å². The maximum Gasteiger partial charge on any atom is 0.306 e. The second-order valence-electron chi connectivity index (χ2n) is 8.95. The lowest BCUT2D eigenvalue weighted by Gasteiger charge is -2.26. The van der Waals surface area contributed by atoms with Gasteiger partial charge in [0.1, 0.15) is 17.6 Å². The summed E-state index contributed by atoms with van der Waals surface area (Å²) in [5.41, 5.74) is 2.68. The number of nitrogens with zero attached hydrogens (tertiary/aromatic N) is 3. The zero-order chi connectivity index (χ0) is 24.6. The first kappa shape index (κ1) is 24.7. The number of rotatable bonds is 8. The van der Waals surface area contributed by atoms with Crippen molar-refractivity contribution in [1.82, 2.24) is 20.0 Å². The van der Waals surface area contributed by atoms with Crippen LogP contribution in [0.5, 0.6) is 0 Å². The molecule has 1 aliphatic rings. The van der Waals surface area contributed by atoms with Crippen molar-refractivity contribution in [1.29, 1.82) is 0 Å². The predicted molar refractivity (Wildman–Crippen MR) is 131 cm³/mol. The van der Waals surface area contributed by atoms with E-state index in [2.05, 4.69) is 32.0 Å². The maximum absolute atomic E-state index is 11.2. The summed E-state index contributed by atoms with van der Waals surface area (Å²) in [5, 5.41) is 17.4. The Morgan fingerprint density at radius 1 is 1.29 bits per heavy atom. The summed E-state index contributed by atoms with van der Waals surface area (Å²) in [7, 11) is 1.42. The maximum atomic E-state index is 11.2. The van der Waals surface area contributed by atoms with Gasteiger partial charge in [0.15, 0.2) is 5.76 Å². The number of methoxy groups -OCH3 is 1. The van der Waals surface area contributed by atoms with Crippen LogP contribution in [0.1, 0.15) is 62.2 Å². The highest BCUT2D eigenvalue weighted by molar-refractivity contribution is 5.69. The zero-order valence-electron chi connectivity index (χ0n) is 20.2. The van der Waals surface area contributed by atoms with E-state index in [-0.39, 0.29) is 5.97 Å². The van der Waals surface area contributed by atoms with Gasteiger partial charge in [-0.2, -0.15) is 0 Å². The molecule has 4 rings (SSSR count). The third-order valence-corrected chi connectivity index (χ3v) is 6.32. The van der Waals surface area contributed by atoms with Gasteiger partial charge in [0, 0.05) is 48.1 Å². The van der Waals surface area contributed by atoms with Crippen LogP contribution in [0.3, 0.4) is 0 Å². The third-order valence-electron chi connectivity index (χ3n) is 6.32. The number of carbonyl (C=O) groups excluding carboxylic acids is 1. The van der Waals surface area contributed by atoms with E-state index < -0.39 is 6.10 Å². The Kier molecular flexibility index (Phi) is 8.35. The molecule has 2 aromatic heterocycles. The number of hydrogen-bond acceptors (Lipinski definition) is 7. The van der Waals surface area contributed by atoms with Crippen molar-refractivity contribution >= 4 is 5.97 Å². The van der Waals surface area contributed by atoms with Crippen molar-refractivity contribution in [3.05, 3.63) is 59.8 Å². The molecule has 1 saturated carbocycles. The van der Waals surface area contributed by atoms with Crippen molar-refractivity contribution in [2.24, 2.45) is 5.92 Å². The van der Waals surface area contributed by atoms with Gasteiger partial charge in [-0.15, -0.1) is 0 Å². The molecule has 3 aromatic rings. The number of hydrogen-bond donors (Lipinski definition) is 2. The second-order valence-corrected chi connectivity index (χ2v) is 8.95. The molecule has 8 nitrogen and oxygen atoms in total. The van der Waals surface area contributed by atoms with Crippen LogP contribution in [-0.4, -0.2) is 45.5 Å². The van der Waals surface area contributed by atoms with Crippen molar-refractivity contribution in [2.75, 3.05) is 13.7 Å². The molecule has 1 aromatic carbocycles. The first-order valence-electron chi connectivity index (χ1n) is 12.1. The first-order chi connectivity index (χ1) is 17.0. The van der Waals surface area contributed by atoms with E-state index >= 15 is 0 Å². The Bertz CT molecular complexity index is 1160. The number of benzene rings is 1. The van der Waals surface area contributed by atoms with Crippen LogP contribution in [0.25, 0.3) is 11.3 Å². The van der Waals surface area contributed by atoms with Gasteiger partial charge < -0.3 is 24.3 Å². The Labute approximate surface area is 205 Å². The van der Waals surface area contributed by atoms with Gasteiger partial charge in [0.2, 0.25) is 0 Å². The van der Waals surface area contributed by atoms with Gasteiger partial charge in [-0.25, -0.2) is 4.98 Å². The monoisotopic (exact) mass is 476 g/mol. The van der Waals surface area contributed by atoms with Crippen molar-refractivity contribution in [2.45, 2.75) is 57.7 Å². The minimum Gasteiger partial charge on any atom is -0.469 e. The first-order valence-corrected chi connectivity index (χ1v) is 12.1. The van der Waals surface area contributed by atoms with E-state index in [1.165, 1.54) is 7.11 Å². The lowest BCUT2D eigenvalue weighted by molar-refractivity contribution is -0.140. The van der Waals surface area contributed by atoms with Gasteiger partial charge in [-0.05, 0) is 56.9 Å². The summed E-state index contributed by atoms with van der Waals surface area (Å²) in [4.78, 5) is 15.4. The smallest absolute Gasteiger partial charge is 0.306 e. The molecule has 0 bridgehead atoms. The Morgan fingerprint density at radius 2 is 2.06 bits per heavy atom. The molecule has 0 saturated heterocycles. The largest absolute Gasteiger partial charge is 0.469 e. The minimum absolute atomic E-state index is 0.174. The predicted octanol–water partition coefficient (Wildman–Crippen LogP) is 3.70. The summed E-state index contributed by atoms with van der Waals surface area (Å²) in [5.74, 6) is 8.26. The molecule has 0 unspecified atom stereocenters. The molecule has 184 valence electrons. The SMILES string of the molecule is COC(=O)CCNC1CCC(C#Cc2ccc(-c3cc(Cn4ccnc4[C@H](C)O)no3)cc2)CC1.